The molecule has 1 heteroatoms. The highest BCUT2D eigenvalue weighted by Crippen LogP contribution is 2.33. The maximum atomic E-state index is 5.33. The fourth-order valence-electron chi connectivity index (χ4n) is 2.90. The number of rotatable bonds is 5. The summed E-state index contributed by atoms with van der Waals surface area (Å²) in [6.45, 7) is 3.39. The van der Waals surface area contributed by atoms with E-state index < -0.39 is 0 Å². The van der Waals surface area contributed by atoms with E-state index in [1.165, 1.54) is 51.4 Å². The van der Waals surface area contributed by atoms with Gasteiger partial charge in [-0.05, 0) is 24.7 Å². The normalized spacial score (nSPS) is 30.2. The Morgan fingerprint density at radius 2 is 1.86 bits per heavy atom. The Morgan fingerprint density at radius 3 is 2.43 bits per heavy atom. The van der Waals surface area contributed by atoms with Gasteiger partial charge >= 0.3 is 0 Å². The second kappa shape index (κ2) is 5.16. The van der Waals surface area contributed by atoms with Crippen LogP contribution < -0.4 is 0 Å². The summed E-state index contributed by atoms with van der Waals surface area (Å²) in [5, 5.41) is 0. The van der Waals surface area contributed by atoms with Gasteiger partial charge in [0, 0.05) is 0 Å². The van der Waals surface area contributed by atoms with E-state index in [0.717, 1.165) is 18.4 Å². The minimum atomic E-state index is 0.642. The summed E-state index contributed by atoms with van der Waals surface area (Å²) in [7, 11) is 0. The predicted molar refractivity (Wildman–Crippen MR) is 59.3 cm³/mol. The van der Waals surface area contributed by atoms with Gasteiger partial charge in [-0.3, -0.25) is 0 Å². The third-order valence-electron chi connectivity index (χ3n) is 3.97. The van der Waals surface area contributed by atoms with Gasteiger partial charge < -0.3 is 4.74 Å². The highest BCUT2D eigenvalue weighted by Gasteiger charge is 2.27. The van der Waals surface area contributed by atoms with Crippen LogP contribution in [0.2, 0.25) is 0 Å². The molecule has 1 nitrogen and oxygen atoms in total. The van der Waals surface area contributed by atoms with Crippen molar-refractivity contribution in [2.45, 2.75) is 64.4 Å². The van der Waals surface area contributed by atoms with E-state index in [0.29, 0.717) is 6.10 Å². The van der Waals surface area contributed by atoms with Crippen LogP contribution >= 0.6 is 0 Å². The van der Waals surface area contributed by atoms with Crippen LogP contribution in [0, 0.1) is 11.8 Å². The molecule has 0 aromatic heterocycles. The zero-order valence-electron chi connectivity index (χ0n) is 9.50. The first-order valence-corrected chi connectivity index (χ1v) is 6.50. The average Bonchev–Trinajstić information content (AvgIpc) is 3.02. The molecule has 2 aliphatic rings. The summed E-state index contributed by atoms with van der Waals surface area (Å²) in [4.78, 5) is 0. The maximum Gasteiger partial charge on any atom is 0.0812 e. The van der Waals surface area contributed by atoms with Crippen molar-refractivity contribution in [2.75, 3.05) is 6.61 Å². The third kappa shape index (κ3) is 3.27. The second-order valence-corrected chi connectivity index (χ2v) is 5.21. The van der Waals surface area contributed by atoms with Crippen molar-refractivity contribution in [2.24, 2.45) is 11.8 Å². The van der Waals surface area contributed by atoms with Crippen molar-refractivity contribution in [3.8, 4) is 0 Å². The lowest BCUT2D eigenvalue weighted by molar-refractivity contribution is 0.257. The summed E-state index contributed by atoms with van der Waals surface area (Å²) in [5.41, 5.74) is 0. The lowest BCUT2D eigenvalue weighted by Gasteiger charge is -2.25. The SMILES string of the molecule is CCC(CC1CCCCC1)CC1CO1. The van der Waals surface area contributed by atoms with Gasteiger partial charge in [0.2, 0.25) is 0 Å². The number of hydrogen-bond donors (Lipinski definition) is 0. The van der Waals surface area contributed by atoms with E-state index in [9.17, 15) is 0 Å². The monoisotopic (exact) mass is 196 g/mol. The van der Waals surface area contributed by atoms with Crippen molar-refractivity contribution in [3.63, 3.8) is 0 Å². The molecule has 0 bridgehead atoms. The van der Waals surface area contributed by atoms with E-state index in [1.807, 2.05) is 0 Å². The first-order valence-electron chi connectivity index (χ1n) is 6.50. The van der Waals surface area contributed by atoms with Crippen LogP contribution in [0.5, 0.6) is 0 Å². The molecule has 0 aromatic carbocycles. The Labute approximate surface area is 88.2 Å². The lowest BCUT2D eigenvalue weighted by Crippen LogP contribution is -2.13. The molecule has 0 aromatic rings. The van der Waals surface area contributed by atoms with E-state index in [1.54, 1.807) is 0 Å². The molecule has 2 fully saturated rings. The molecule has 1 heterocycles. The summed E-state index contributed by atoms with van der Waals surface area (Å²) < 4.78 is 5.33. The van der Waals surface area contributed by atoms with Gasteiger partial charge in [-0.1, -0.05) is 45.4 Å². The molecule has 0 amide bonds. The molecule has 82 valence electrons. The van der Waals surface area contributed by atoms with Crippen molar-refractivity contribution >= 4 is 0 Å². The third-order valence-corrected chi connectivity index (χ3v) is 3.97. The van der Waals surface area contributed by atoms with Crippen molar-refractivity contribution in [3.05, 3.63) is 0 Å². The molecule has 0 spiro atoms. The maximum absolute atomic E-state index is 5.33. The van der Waals surface area contributed by atoms with Gasteiger partial charge in [-0.2, -0.15) is 0 Å². The van der Waals surface area contributed by atoms with Crippen molar-refractivity contribution in [1.29, 1.82) is 0 Å². The molecule has 1 aliphatic carbocycles. The molecule has 1 aliphatic heterocycles. The number of ether oxygens (including phenoxy) is 1. The van der Waals surface area contributed by atoms with Gasteiger partial charge in [0.15, 0.2) is 0 Å². The molecule has 1 saturated carbocycles. The fraction of sp³-hybridized carbons (Fsp3) is 1.00. The minimum Gasteiger partial charge on any atom is -0.373 e. The van der Waals surface area contributed by atoms with Crippen LogP contribution in [0.25, 0.3) is 0 Å². The van der Waals surface area contributed by atoms with Gasteiger partial charge in [0.05, 0.1) is 12.7 Å². The van der Waals surface area contributed by atoms with Gasteiger partial charge in [0.25, 0.3) is 0 Å². The molecule has 14 heavy (non-hydrogen) atoms. The largest absolute Gasteiger partial charge is 0.373 e. The highest BCUT2D eigenvalue weighted by molar-refractivity contribution is 4.76. The molecule has 0 N–H and O–H groups in total. The quantitative estimate of drug-likeness (QED) is 0.610. The first-order chi connectivity index (χ1) is 6.88. The summed E-state index contributed by atoms with van der Waals surface area (Å²) >= 11 is 0. The molecular weight excluding hydrogens is 172 g/mol. The van der Waals surface area contributed by atoms with E-state index in [2.05, 4.69) is 6.92 Å². The van der Waals surface area contributed by atoms with Crippen LogP contribution in [-0.2, 0) is 4.74 Å². The summed E-state index contributed by atoms with van der Waals surface area (Å²) in [5.74, 6) is 2.00. The molecule has 1 saturated heterocycles. The highest BCUT2D eigenvalue weighted by atomic mass is 16.6. The van der Waals surface area contributed by atoms with Crippen LogP contribution in [0.3, 0.4) is 0 Å². The first kappa shape index (κ1) is 10.5. The van der Waals surface area contributed by atoms with E-state index in [4.69, 9.17) is 4.74 Å². The van der Waals surface area contributed by atoms with Gasteiger partial charge in [0.1, 0.15) is 0 Å². The number of epoxide rings is 1. The van der Waals surface area contributed by atoms with Crippen LogP contribution in [-0.4, -0.2) is 12.7 Å². The number of hydrogen-bond acceptors (Lipinski definition) is 1. The Balaban J connectivity index is 1.68. The Hall–Kier alpha value is -0.0400. The lowest BCUT2D eigenvalue weighted by atomic mass is 9.81. The van der Waals surface area contributed by atoms with E-state index in [-0.39, 0.29) is 0 Å². The van der Waals surface area contributed by atoms with Crippen molar-refractivity contribution in [1.82, 2.24) is 0 Å². The van der Waals surface area contributed by atoms with Crippen molar-refractivity contribution < 1.29 is 4.74 Å². The van der Waals surface area contributed by atoms with Crippen LogP contribution in [0.15, 0.2) is 0 Å². The molecule has 0 radical (unpaired) electrons. The van der Waals surface area contributed by atoms with E-state index >= 15 is 0 Å². The Kier molecular flexibility index (Phi) is 3.86. The zero-order valence-corrected chi connectivity index (χ0v) is 9.50. The van der Waals surface area contributed by atoms with Gasteiger partial charge in [-0.15, -0.1) is 0 Å². The predicted octanol–water partition coefficient (Wildman–Crippen LogP) is 3.77. The van der Waals surface area contributed by atoms with Crippen LogP contribution in [0.4, 0.5) is 0 Å². The summed E-state index contributed by atoms with van der Waals surface area (Å²) in [6, 6.07) is 0. The smallest absolute Gasteiger partial charge is 0.0812 e. The van der Waals surface area contributed by atoms with Gasteiger partial charge in [-0.25, -0.2) is 0 Å². The fourth-order valence-corrected chi connectivity index (χ4v) is 2.90. The topological polar surface area (TPSA) is 12.5 Å². The Bertz CT molecular complexity index is 157. The standard InChI is InChI=1S/C13H24O/c1-2-11(9-13-10-14-13)8-12-6-4-3-5-7-12/h11-13H,2-10H2,1H3. The average molecular weight is 196 g/mol. The minimum absolute atomic E-state index is 0.642. The molecule has 2 rings (SSSR count). The zero-order chi connectivity index (χ0) is 9.80. The Morgan fingerprint density at radius 1 is 1.14 bits per heavy atom. The molecule has 2 unspecified atom stereocenters. The molecule has 2 atom stereocenters. The second-order valence-electron chi connectivity index (χ2n) is 5.21. The molecular formula is C13H24O. The van der Waals surface area contributed by atoms with Crippen LogP contribution in [0.1, 0.15) is 58.3 Å². The summed E-state index contributed by atoms with van der Waals surface area (Å²) in [6.07, 6.45) is 12.3.